The molecular formula is C6H10N6O. The Morgan fingerprint density at radius 3 is 3.00 bits per heavy atom. The Balaban J connectivity index is 2.96. The van der Waals surface area contributed by atoms with Crippen LogP contribution in [-0.2, 0) is 13.0 Å². The number of azide groups is 1. The molecule has 1 heterocycles. The number of nitrogens with zero attached hydrogens (tertiary/aromatic N) is 6. The number of aryl methyl sites for hydroxylation is 1. The van der Waals surface area contributed by atoms with E-state index in [1.165, 1.54) is 4.68 Å². The normalized spacial score (nSPS) is 9.69. The van der Waals surface area contributed by atoms with Gasteiger partial charge < -0.3 is 5.11 Å². The first kappa shape index (κ1) is 9.50. The molecule has 0 radical (unpaired) electrons. The summed E-state index contributed by atoms with van der Waals surface area (Å²) in [5.41, 5.74) is 8.14. The minimum atomic E-state index is -0.00787. The third kappa shape index (κ3) is 2.17. The number of hydrogen-bond acceptors (Lipinski definition) is 4. The van der Waals surface area contributed by atoms with Crippen molar-refractivity contribution in [2.24, 2.45) is 5.11 Å². The van der Waals surface area contributed by atoms with Gasteiger partial charge in [-0.2, -0.15) is 0 Å². The zero-order chi connectivity index (χ0) is 9.68. The Hall–Kier alpha value is -1.59. The third-order valence-corrected chi connectivity index (χ3v) is 1.50. The molecule has 1 N–H and O–H groups in total. The molecule has 7 heteroatoms. The Kier molecular flexibility index (Phi) is 3.24. The van der Waals surface area contributed by atoms with Crippen LogP contribution in [0.25, 0.3) is 10.4 Å². The quantitative estimate of drug-likeness (QED) is 0.423. The Bertz CT molecular complexity index is 326. The monoisotopic (exact) mass is 182 g/mol. The van der Waals surface area contributed by atoms with Crippen molar-refractivity contribution < 1.29 is 5.11 Å². The van der Waals surface area contributed by atoms with Crippen LogP contribution in [0.3, 0.4) is 0 Å². The minimum absolute atomic E-state index is 0.00787. The molecule has 0 fully saturated rings. The average Bonchev–Trinajstić information content (AvgIpc) is 2.49. The molecule has 0 bridgehead atoms. The van der Waals surface area contributed by atoms with E-state index in [1.807, 2.05) is 6.92 Å². The first-order valence-corrected chi connectivity index (χ1v) is 3.91. The topological polar surface area (TPSA) is 99.7 Å². The molecule has 0 aliphatic carbocycles. The number of aliphatic hydroxyl groups is 1. The predicted octanol–water partition coefficient (Wildman–Crippen LogP) is 0.775. The van der Waals surface area contributed by atoms with Crippen LogP contribution in [0.15, 0.2) is 5.11 Å². The number of hydrogen-bond donors (Lipinski definition) is 1. The zero-order valence-corrected chi connectivity index (χ0v) is 7.25. The van der Waals surface area contributed by atoms with E-state index in [2.05, 4.69) is 20.1 Å². The van der Waals surface area contributed by atoms with Gasteiger partial charge >= 0.3 is 0 Å². The van der Waals surface area contributed by atoms with Gasteiger partial charge in [0.1, 0.15) is 5.82 Å². The van der Waals surface area contributed by atoms with E-state index >= 15 is 0 Å². The number of rotatable bonds is 4. The van der Waals surface area contributed by atoms with Gasteiger partial charge in [-0.25, -0.2) is 9.67 Å². The smallest absolute Gasteiger partial charge is 0.238 e. The van der Waals surface area contributed by atoms with Crippen molar-refractivity contribution in [2.75, 3.05) is 6.61 Å². The largest absolute Gasteiger partial charge is 0.394 e. The molecule has 7 nitrogen and oxygen atoms in total. The summed E-state index contributed by atoms with van der Waals surface area (Å²) in [7, 11) is 0. The van der Waals surface area contributed by atoms with E-state index < -0.39 is 0 Å². The van der Waals surface area contributed by atoms with Gasteiger partial charge in [-0.3, -0.25) is 0 Å². The van der Waals surface area contributed by atoms with Crippen LogP contribution >= 0.6 is 0 Å². The van der Waals surface area contributed by atoms with Crippen LogP contribution in [-0.4, -0.2) is 26.5 Å². The van der Waals surface area contributed by atoms with Crippen LogP contribution in [0.5, 0.6) is 0 Å². The summed E-state index contributed by atoms with van der Waals surface area (Å²) in [5.74, 6) is 0.809. The maximum absolute atomic E-state index is 8.69. The Labute approximate surface area is 74.6 Å². The Morgan fingerprint density at radius 2 is 2.46 bits per heavy atom. The lowest BCUT2D eigenvalue weighted by atomic mass is 10.4. The highest BCUT2D eigenvalue weighted by molar-refractivity contribution is 5.13. The molecule has 0 atom stereocenters. The fourth-order valence-corrected chi connectivity index (χ4v) is 0.979. The summed E-state index contributed by atoms with van der Waals surface area (Å²) in [5, 5.41) is 15.8. The lowest BCUT2D eigenvalue weighted by Gasteiger charge is -1.99. The van der Waals surface area contributed by atoms with E-state index in [0.29, 0.717) is 18.8 Å². The number of aliphatic hydroxyl groups excluding tert-OH is 1. The SMILES string of the molecule is CCc1nc(N=[N+]=[N-])nn1CCO. The molecule has 0 aliphatic rings. The molecule has 1 aromatic rings. The molecule has 0 spiro atoms. The summed E-state index contributed by atoms with van der Waals surface area (Å²) in [4.78, 5) is 6.54. The van der Waals surface area contributed by atoms with Gasteiger partial charge in [0.15, 0.2) is 0 Å². The van der Waals surface area contributed by atoms with Crippen LogP contribution in [0.1, 0.15) is 12.7 Å². The van der Waals surface area contributed by atoms with Crippen LogP contribution < -0.4 is 0 Å². The highest BCUT2D eigenvalue weighted by Crippen LogP contribution is 2.07. The van der Waals surface area contributed by atoms with Crippen molar-refractivity contribution in [1.29, 1.82) is 0 Å². The van der Waals surface area contributed by atoms with Gasteiger partial charge in [0.2, 0.25) is 5.95 Å². The van der Waals surface area contributed by atoms with Gasteiger partial charge in [-0.15, -0.1) is 5.10 Å². The molecule has 0 saturated carbocycles. The summed E-state index contributed by atoms with van der Waals surface area (Å²) < 4.78 is 1.53. The van der Waals surface area contributed by atoms with Crippen LogP contribution in [0.2, 0.25) is 0 Å². The zero-order valence-electron chi connectivity index (χ0n) is 7.25. The third-order valence-electron chi connectivity index (χ3n) is 1.50. The number of aromatic nitrogens is 3. The fourth-order valence-electron chi connectivity index (χ4n) is 0.979. The molecule has 0 aromatic carbocycles. The standard InChI is InChI=1S/C6H10N6O/c1-2-5-8-6(9-11-7)10-12(5)3-4-13/h13H,2-4H2,1H3. The summed E-state index contributed by atoms with van der Waals surface area (Å²) in [6.07, 6.45) is 0.688. The van der Waals surface area contributed by atoms with E-state index in [4.69, 9.17) is 10.6 Å². The second kappa shape index (κ2) is 4.44. The first-order valence-electron chi connectivity index (χ1n) is 3.91. The van der Waals surface area contributed by atoms with Crippen molar-refractivity contribution in [3.63, 3.8) is 0 Å². The summed E-state index contributed by atoms with van der Waals surface area (Å²) in [6.45, 7) is 2.28. The van der Waals surface area contributed by atoms with Gasteiger partial charge in [0.25, 0.3) is 0 Å². The second-order valence-corrected chi connectivity index (χ2v) is 2.32. The minimum Gasteiger partial charge on any atom is -0.394 e. The first-order chi connectivity index (χ1) is 6.31. The van der Waals surface area contributed by atoms with Crippen molar-refractivity contribution in [2.45, 2.75) is 19.9 Å². The van der Waals surface area contributed by atoms with E-state index in [1.54, 1.807) is 0 Å². The molecule has 0 aliphatic heterocycles. The molecule has 0 amide bonds. The van der Waals surface area contributed by atoms with Gasteiger partial charge in [0, 0.05) is 11.3 Å². The van der Waals surface area contributed by atoms with Gasteiger partial charge in [-0.1, -0.05) is 6.92 Å². The average molecular weight is 182 g/mol. The van der Waals surface area contributed by atoms with Crippen LogP contribution in [0.4, 0.5) is 5.95 Å². The van der Waals surface area contributed by atoms with Crippen molar-refractivity contribution >= 4 is 5.95 Å². The lowest BCUT2D eigenvalue weighted by molar-refractivity contribution is 0.267. The van der Waals surface area contributed by atoms with E-state index in [0.717, 1.165) is 0 Å². The lowest BCUT2D eigenvalue weighted by Crippen LogP contribution is -2.07. The van der Waals surface area contributed by atoms with Crippen molar-refractivity contribution in [3.05, 3.63) is 16.3 Å². The molecule has 1 aromatic heterocycles. The fraction of sp³-hybridized carbons (Fsp3) is 0.667. The van der Waals surface area contributed by atoms with Crippen molar-refractivity contribution in [3.8, 4) is 0 Å². The summed E-state index contributed by atoms with van der Waals surface area (Å²) >= 11 is 0. The van der Waals surface area contributed by atoms with E-state index in [9.17, 15) is 0 Å². The molecule has 1 rings (SSSR count). The Morgan fingerprint density at radius 1 is 1.69 bits per heavy atom. The second-order valence-electron chi connectivity index (χ2n) is 2.32. The molecule has 70 valence electrons. The van der Waals surface area contributed by atoms with Gasteiger partial charge in [0.05, 0.1) is 13.2 Å². The summed E-state index contributed by atoms with van der Waals surface area (Å²) in [6, 6.07) is 0. The van der Waals surface area contributed by atoms with Crippen LogP contribution in [0, 0.1) is 0 Å². The van der Waals surface area contributed by atoms with Gasteiger partial charge in [-0.05, 0) is 10.6 Å². The molecular weight excluding hydrogens is 172 g/mol. The highest BCUT2D eigenvalue weighted by atomic mass is 16.3. The van der Waals surface area contributed by atoms with Crippen molar-refractivity contribution in [1.82, 2.24) is 14.8 Å². The molecule has 0 unspecified atom stereocenters. The molecule has 0 saturated heterocycles. The highest BCUT2D eigenvalue weighted by Gasteiger charge is 2.05. The maximum atomic E-state index is 8.69. The van der Waals surface area contributed by atoms with E-state index in [-0.39, 0.29) is 12.6 Å². The maximum Gasteiger partial charge on any atom is 0.238 e. The molecule has 13 heavy (non-hydrogen) atoms. The predicted molar refractivity (Wildman–Crippen MR) is 45.3 cm³/mol.